The van der Waals surface area contributed by atoms with Crippen LogP contribution in [0.4, 0.5) is 17.1 Å². The molecule has 0 amide bonds. The Balaban J connectivity index is 2.21. The molecule has 0 aliphatic carbocycles. The third-order valence-corrected chi connectivity index (χ3v) is 5.50. The second-order valence-corrected chi connectivity index (χ2v) is 7.55. The van der Waals surface area contributed by atoms with Gasteiger partial charge in [0, 0.05) is 4.47 Å². The summed E-state index contributed by atoms with van der Waals surface area (Å²) in [7, 11) is -3.86. The topological polar surface area (TPSA) is 101 Å². The molecule has 1 aliphatic heterocycles. The van der Waals surface area contributed by atoms with E-state index >= 15 is 0 Å². The Morgan fingerprint density at radius 2 is 1.91 bits per heavy atom. The average molecular weight is 404 g/mol. The first-order valence-corrected chi connectivity index (χ1v) is 8.93. The summed E-state index contributed by atoms with van der Waals surface area (Å²) in [6, 6.07) is 10.3. The van der Waals surface area contributed by atoms with Gasteiger partial charge in [0.15, 0.2) is 6.29 Å². The molecule has 2 aromatic carbocycles. The number of para-hydroxylation sites is 1. The lowest BCUT2D eigenvalue weighted by Crippen LogP contribution is -2.40. The number of fused-ring (bicyclic) bond motifs is 1. The lowest BCUT2D eigenvalue weighted by atomic mass is 10.2. The van der Waals surface area contributed by atoms with Crippen LogP contribution in [0.2, 0.25) is 5.02 Å². The van der Waals surface area contributed by atoms with E-state index in [0.29, 0.717) is 26.6 Å². The van der Waals surface area contributed by atoms with E-state index < -0.39 is 16.3 Å². The highest BCUT2D eigenvalue weighted by Crippen LogP contribution is 2.44. The first kappa shape index (κ1) is 15.6. The lowest BCUT2D eigenvalue weighted by molar-refractivity contribution is 0.597. The summed E-state index contributed by atoms with van der Waals surface area (Å²) >= 11 is 9.43. The van der Waals surface area contributed by atoms with Crippen LogP contribution in [0.15, 0.2) is 45.8 Å². The molecule has 3 rings (SSSR count). The van der Waals surface area contributed by atoms with Crippen LogP contribution in [-0.4, -0.2) is 14.7 Å². The Bertz CT molecular complexity index is 859. The van der Waals surface area contributed by atoms with Gasteiger partial charge in [0.05, 0.1) is 27.0 Å². The minimum atomic E-state index is -3.86. The van der Waals surface area contributed by atoms with E-state index in [1.165, 1.54) is 6.07 Å². The Morgan fingerprint density at radius 1 is 1.23 bits per heavy atom. The third kappa shape index (κ3) is 2.57. The minimum absolute atomic E-state index is 0.0146. The molecule has 1 atom stereocenters. The number of benzene rings is 2. The van der Waals surface area contributed by atoms with Crippen molar-refractivity contribution in [2.75, 3.05) is 10.2 Å². The predicted molar refractivity (Wildman–Crippen MR) is 90.7 cm³/mol. The van der Waals surface area contributed by atoms with Gasteiger partial charge in [-0.2, -0.15) is 0 Å². The van der Waals surface area contributed by atoms with Gasteiger partial charge in [0.25, 0.3) is 0 Å². The van der Waals surface area contributed by atoms with Crippen LogP contribution in [-0.2, 0) is 10.0 Å². The Hall–Kier alpha value is -1.32. The molecule has 22 heavy (non-hydrogen) atoms. The number of nitrogens with zero attached hydrogens (tertiary/aromatic N) is 1. The van der Waals surface area contributed by atoms with Crippen molar-refractivity contribution >= 4 is 54.6 Å². The van der Waals surface area contributed by atoms with Crippen LogP contribution >= 0.6 is 27.5 Å². The molecule has 0 fully saturated rings. The monoisotopic (exact) mass is 402 g/mol. The van der Waals surface area contributed by atoms with Crippen molar-refractivity contribution in [2.45, 2.75) is 11.2 Å². The number of halogens is 2. The van der Waals surface area contributed by atoms with Crippen molar-refractivity contribution in [2.24, 2.45) is 10.9 Å². The molecule has 2 aromatic rings. The molecule has 1 aliphatic rings. The number of sulfonamides is 1. The number of anilines is 3. The molecule has 9 heteroatoms. The van der Waals surface area contributed by atoms with Gasteiger partial charge in [0.1, 0.15) is 0 Å². The summed E-state index contributed by atoms with van der Waals surface area (Å²) in [6.45, 7) is 0. The fourth-order valence-corrected chi connectivity index (χ4v) is 4.23. The molecule has 0 saturated heterocycles. The highest BCUT2D eigenvalue weighted by Gasteiger charge is 2.31. The zero-order chi connectivity index (χ0) is 16.1. The first-order chi connectivity index (χ1) is 10.3. The number of hydrogen-bond acceptors (Lipinski definition) is 5. The molecular weight excluding hydrogens is 392 g/mol. The molecule has 116 valence electrons. The van der Waals surface area contributed by atoms with E-state index in [4.69, 9.17) is 22.5 Å². The van der Waals surface area contributed by atoms with Gasteiger partial charge in [0.2, 0.25) is 10.0 Å². The third-order valence-electron chi connectivity index (χ3n) is 3.31. The standard InChI is InChI=1S/C13H12BrClN4O2S/c14-7-5-9-11(6-12(7)22(17,20)21)19(13(16)18-9)10-4-2-1-3-8(10)15/h1-6,13,18H,16H2,(H2,17,20,21). The fourth-order valence-electron chi connectivity index (χ4n) is 2.38. The maximum Gasteiger partial charge on any atom is 0.239 e. The molecule has 1 heterocycles. The van der Waals surface area contributed by atoms with Crippen molar-refractivity contribution in [1.29, 1.82) is 0 Å². The molecule has 0 spiro atoms. The maximum absolute atomic E-state index is 11.7. The van der Waals surface area contributed by atoms with Gasteiger partial charge in [-0.15, -0.1) is 0 Å². The van der Waals surface area contributed by atoms with E-state index in [-0.39, 0.29) is 4.90 Å². The summed E-state index contributed by atoms with van der Waals surface area (Å²) < 4.78 is 23.8. The number of rotatable bonds is 2. The van der Waals surface area contributed by atoms with E-state index in [0.717, 1.165) is 0 Å². The second kappa shape index (κ2) is 5.39. The maximum atomic E-state index is 11.7. The van der Waals surface area contributed by atoms with Gasteiger partial charge >= 0.3 is 0 Å². The van der Waals surface area contributed by atoms with Crippen LogP contribution in [0.1, 0.15) is 0 Å². The van der Waals surface area contributed by atoms with Crippen LogP contribution in [0, 0.1) is 0 Å². The molecule has 1 unspecified atom stereocenters. The van der Waals surface area contributed by atoms with E-state index in [1.54, 1.807) is 29.2 Å². The summed E-state index contributed by atoms with van der Waals surface area (Å²) in [5.41, 5.74) is 8.05. The highest BCUT2D eigenvalue weighted by atomic mass is 79.9. The predicted octanol–water partition coefficient (Wildman–Crippen LogP) is 2.56. The molecule has 6 nitrogen and oxygen atoms in total. The zero-order valence-electron chi connectivity index (χ0n) is 11.1. The molecular formula is C13H12BrClN4O2S. The van der Waals surface area contributed by atoms with Crippen LogP contribution < -0.4 is 21.1 Å². The van der Waals surface area contributed by atoms with Crippen LogP contribution in [0.25, 0.3) is 0 Å². The van der Waals surface area contributed by atoms with Crippen molar-refractivity contribution in [3.63, 3.8) is 0 Å². The summed E-state index contributed by atoms with van der Waals surface area (Å²) in [6.07, 6.45) is -0.572. The molecule has 0 radical (unpaired) electrons. The highest BCUT2D eigenvalue weighted by molar-refractivity contribution is 9.10. The Morgan fingerprint density at radius 3 is 2.55 bits per heavy atom. The molecule has 5 N–H and O–H groups in total. The lowest BCUT2D eigenvalue weighted by Gasteiger charge is -2.24. The van der Waals surface area contributed by atoms with Crippen molar-refractivity contribution < 1.29 is 8.42 Å². The quantitative estimate of drug-likeness (QED) is 0.715. The van der Waals surface area contributed by atoms with Crippen molar-refractivity contribution in [1.82, 2.24) is 0 Å². The summed E-state index contributed by atoms with van der Waals surface area (Å²) in [5.74, 6) is 0. The smallest absolute Gasteiger partial charge is 0.239 e. The van der Waals surface area contributed by atoms with Crippen LogP contribution in [0.3, 0.4) is 0 Å². The Kier molecular flexibility index (Phi) is 3.82. The first-order valence-electron chi connectivity index (χ1n) is 6.21. The largest absolute Gasteiger partial charge is 0.351 e. The van der Waals surface area contributed by atoms with Gasteiger partial charge < -0.3 is 10.2 Å². The molecule has 0 bridgehead atoms. The Labute approximate surface area is 141 Å². The number of primary sulfonamides is 1. The summed E-state index contributed by atoms with van der Waals surface area (Å²) in [5, 5.41) is 8.83. The van der Waals surface area contributed by atoms with E-state index in [1.807, 2.05) is 6.07 Å². The van der Waals surface area contributed by atoms with Gasteiger partial charge in [-0.3, -0.25) is 5.73 Å². The van der Waals surface area contributed by atoms with E-state index in [9.17, 15) is 8.42 Å². The van der Waals surface area contributed by atoms with Gasteiger partial charge in [-0.05, 0) is 40.2 Å². The minimum Gasteiger partial charge on any atom is -0.351 e. The van der Waals surface area contributed by atoms with Crippen LogP contribution in [0.5, 0.6) is 0 Å². The van der Waals surface area contributed by atoms with Crippen molar-refractivity contribution in [3.8, 4) is 0 Å². The average Bonchev–Trinajstić information content (AvgIpc) is 2.72. The van der Waals surface area contributed by atoms with Crippen molar-refractivity contribution in [3.05, 3.63) is 45.9 Å². The molecule has 0 aromatic heterocycles. The number of hydrogen-bond donors (Lipinski definition) is 3. The molecule has 0 saturated carbocycles. The fraction of sp³-hybridized carbons (Fsp3) is 0.0769. The zero-order valence-corrected chi connectivity index (χ0v) is 14.3. The normalized spacial score (nSPS) is 17.3. The number of nitrogens with two attached hydrogens (primary N) is 2. The second-order valence-electron chi connectivity index (χ2n) is 4.76. The number of nitrogens with one attached hydrogen (secondary N) is 1. The van der Waals surface area contributed by atoms with Gasteiger partial charge in [-0.25, -0.2) is 13.6 Å². The summed E-state index contributed by atoms with van der Waals surface area (Å²) in [4.78, 5) is 1.71. The van der Waals surface area contributed by atoms with E-state index in [2.05, 4.69) is 21.2 Å². The SMILES string of the molecule is NC1Nc2cc(Br)c(S(N)(=O)=O)cc2N1c1ccccc1Cl. The van der Waals surface area contributed by atoms with Gasteiger partial charge in [-0.1, -0.05) is 23.7 Å².